The van der Waals surface area contributed by atoms with Crippen molar-refractivity contribution >= 4 is 6.09 Å². The number of likely N-dealkylation sites (tertiary alicyclic amines) is 1. The number of amides is 1. The minimum atomic E-state index is -0.436. The third kappa shape index (κ3) is 4.85. The van der Waals surface area contributed by atoms with Gasteiger partial charge in [0.1, 0.15) is 5.60 Å². The maximum atomic E-state index is 12.3. The van der Waals surface area contributed by atoms with Crippen LogP contribution in [0.4, 0.5) is 4.79 Å². The van der Waals surface area contributed by atoms with E-state index in [4.69, 9.17) is 9.47 Å². The molecule has 0 aromatic carbocycles. The van der Waals surface area contributed by atoms with E-state index >= 15 is 0 Å². The molecule has 2 fully saturated rings. The predicted octanol–water partition coefficient (Wildman–Crippen LogP) is 2.54. The minimum Gasteiger partial charge on any atom is -0.444 e. The molecule has 21 heavy (non-hydrogen) atoms. The fourth-order valence-electron chi connectivity index (χ4n) is 3.08. The third-order valence-electron chi connectivity index (χ3n) is 4.25. The Morgan fingerprint density at radius 2 is 2.10 bits per heavy atom. The number of carbonyl (C=O) groups excluding carboxylic acids is 1. The molecule has 2 heterocycles. The molecule has 0 spiro atoms. The molecule has 2 aliphatic rings. The quantitative estimate of drug-likeness (QED) is 0.870. The monoisotopic (exact) mass is 298 g/mol. The van der Waals surface area contributed by atoms with Crippen LogP contribution in [0.2, 0.25) is 0 Å². The van der Waals surface area contributed by atoms with Crippen LogP contribution in [0.5, 0.6) is 0 Å². The van der Waals surface area contributed by atoms with Crippen LogP contribution in [0.1, 0.15) is 53.4 Å². The number of nitrogens with zero attached hydrogens (tertiary/aromatic N) is 1. The zero-order valence-electron chi connectivity index (χ0n) is 13.9. The van der Waals surface area contributed by atoms with Gasteiger partial charge in [0.05, 0.1) is 6.10 Å². The fraction of sp³-hybridized carbons (Fsp3) is 0.938. The number of nitrogens with one attached hydrogen (secondary N) is 1. The van der Waals surface area contributed by atoms with Crippen LogP contribution in [0.15, 0.2) is 0 Å². The summed E-state index contributed by atoms with van der Waals surface area (Å²) in [6, 6.07) is 0.491. The molecule has 3 unspecified atom stereocenters. The Bertz CT molecular complexity index is 348. The fourth-order valence-corrected chi connectivity index (χ4v) is 3.08. The number of carbonyl (C=O) groups is 1. The third-order valence-corrected chi connectivity index (χ3v) is 4.25. The van der Waals surface area contributed by atoms with Gasteiger partial charge in [-0.2, -0.15) is 0 Å². The lowest BCUT2D eigenvalue weighted by Gasteiger charge is -2.40. The number of hydrogen-bond donors (Lipinski definition) is 1. The molecular formula is C16H30N2O3. The Kier molecular flexibility index (Phi) is 5.49. The zero-order valence-corrected chi connectivity index (χ0v) is 13.9. The van der Waals surface area contributed by atoms with E-state index in [9.17, 15) is 4.79 Å². The van der Waals surface area contributed by atoms with Gasteiger partial charge < -0.3 is 19.7 Å². The van der Waals surface area contributed by atoms with Crippen molar-refractivity contribution in [2.45, 2.75) is 77.2 Å². The van der Waals surface area contributed by atoms with E-state index in [1.54, 1.807) is 0 Å². The van der Waals surface area contributed by atoms with Gasteiger partial charge in [-0.15, -0.1) is 0 Å². The normalized spacial score (nSPS) is 30.5. The summed E-state index contributed by atoms with van der Waals surface area (Å²) in [5.41, 5.74) is -0.436. The maximum Gasteiger partial charge on any atom is 0.410 e. The minimum absolute atomic E-state index is 0.162. The molecule has 1 amide bonds. The lowest BCUT2D eigenvalue weighted by atomic mass is 9.97. The molecule has 0 radical (unpaired) electrons. The molecule has 0 aromatic heterocycles. The second-order valence-corrected chi connectivity index (χ2v) is 7.21. The van der Waals surface area contributed by atoms with Crippen molar-refractivity contribution in [2.24, 2.45) is 0 Å². The van der Waals surface area contributed by atoms with Crippen LogP contribution >= 0.6 is 0 Å². The van der Waals surface area contributed by atoms with Gasteiger partial charge in [0, 0.05) is 31.8 Å². The van der Waals surface area contributed by atoms with Gasteiger partial charge in [-0.3, -0.25) is 0 Å². The molecule has 5 nitrogen and oxygen atoms in total. The first kappa shape index (κ1) is 16.6. The van der Waals surface area contributed by atoms with Gasteiger partial charge in [-0.25, -0.2) is 4.79 Å². The van der Waals surface area contributed by atoms with Crippen molar-refractivity contribution in [1.29, 1.82) is 0 Å². The molecule has 0 aliphatic carbocycles. The summed E-state index contributed by atoms with van der Waals surface area (Å²) in [7, 11) is 0. The largest absolute Gasteiger partial charge is 0.444 e. The van der Waals surface area contributed by atoms with Crippen LogP contribution < -0.4 is 5.32 Å². The lowest BCUT2D eigenvalue weighted by molar-refractivity contribution is 0.00605. The molecule has 122 valence electrons. The topological polar surface area (TPSA) is 50.8 Å². The van der Waals surface area contributed by atoms with Crippen molar-refractivity contribution in [3.63, 3.8) is 0 Å². The van der Waals surface area contributed by atoms with Gasteiger partial charge in [-0.1, -0.05) is 0 Å². The van der Waals surface area contributed by atoms with Crippen molar-refractivity contribution in [2.75, 3.05) is 19.7 Å². The van der Waals surface area contributed by atoms with Crippen molar-refractivity contribution < 1.29 is 14.3 Å². The lowest BCUT2D eigenvalue weighted by Crippen LogP contribution is -2.56. The second kappa shape index (κ2) is 6.97. The van der Waals surface area contributed by atoms with Crippen LogP contribution in [0.3, 0.4) is 0 Å². The van der Waals surface area contributed by atoms with E-state index in [1.165, 1.54) is 0 Å². The summed E-state index contributed by atoms with van der Waals surface area (Å²) in [5.74, 6) is 0. The summed E-state index contributed by atoms with van der Waals surface area (Å²) < 4.78 is 11.2. The van der Waals surface area contributed by atoms with Crippen molar-refractivity contribution in [3.05, 3.63) is 0 Å². The summed E-state index contributed by atoms with van der Waals surface area (Å²) in [5, 5.41) is 3.59. The number of hydrogen-bond acceptors (Lipinski definition) is 4. The Labute approximate surface area is 128 Å². The van der Waals surface area contributed by atoms with E-state index in [1.807, 2.05) is 25.7 Å². The van der Waals surface area contributed by atoms with E-state index in [-0.39, 0.29) is 12.1 Å². The molecule has 1 N–H and O–H groups in total. The molecule has 5 heteroatoms. The Morgan fingerprint density at radius 1 is 1.33 bits per heavy atom. The maximum absolute atomic E-state index is 12.3. The summed E-state index contributed by atoms with van der Waals surface area (Å²) in [4.78, 5) is 14.1. The highest BCUT2D eigenvalue weighted by Crippen LogP contribution is 2.21. The van der Waals surface area contributed by atoms with E-state index in [2.05, 4.69) is 12.2 Å². The highest BCUT2D eigenvalue weighted by atomic mass is 16.6. The van der Waals surface area contributed by atoms with E-state index < -0.39 is 5.60 Å². The summed E-state index contributed by atoms with van der Waals surface area (Å²) in [6.07, 6.45) is 4.58. The smallest absolute Gasteiger partial charge is 0.410 e. The van der Waals surface area contributed by atoms with Crippen LogP contribution in [0.25, 0.3) is 0 Å². The molecule has 0 bridgehead atoms. The van der Waals surface area contributed by atoms with Crippen molar-refractivity contribution in [3.8, 4) is 0 Å². The van der Waals surface area contributed by atoms with Gasteiger partial charge in [0.25, 0.3) is 0 Å². The Morgan fingerprint density at radius 3 is 2.71 bits per heavy atom. The standard InChI is InChI=1S/C16H30N2O3/c1-12-14(17-11-13-7-6-10-20-13)8-5-9-18(12)15(19)21-16(2,3)4/h12-14,17H,5-11H2,1-4H3. The first-order valence-electron chi connectivity index (χ1n) is 8.21. The Balaban J connectivity index is 1.84. The molecular weight excluding hydrogens is 268 g/mol. The first-order valence-corrected chi connectivity index (χ1v) is 8.21. The Hall–Kier alpha value is -0.810. The predicted molar refractivity (Wildman–Crippen MR) is 82.4 cm³/mol. The SMILES string of the molecule is CC1C(NCC2CCCO2)CCCN1C(=O)OC(C)(C)C. The molecule has 3 atom stereocenters. The summed E-state index contributed by atoms with van der Waals surface area (Å²) >= 11 is 0. The van der Waals surface area contributed by atoms with Crippen LogP contribution in [0, 0.1) is 0 Å². The number of rotatable bonds is 3. The second-order valence-electron chi connectivity index (χ2n) is 7.21. The van der Waals surface area contributed by atoms with Crippen LogP contribution in [-0.2, 0) is 9.47 Å². The molecule has 2 aliphatic heterocycles. The highest BCUT2D eigenvalue weighted by Gasteiger charge is 2.33. The van der Waals surface area contributed by atoms with Gasteiger partial charge in [0.2, 0.25) is 0 Å². The molecule has 0 aromatic rings. The summed E-state index contributed by atoms with van der Waals surface area (Å²) in [6.45, 7) is 10.4. The average Bonchev–Trinajstić information content (AvgIpc) is 2.88. The van der Waals surface area contributed by atoms with Gasteiger partial charge in [0.15, 0.2) is 0 Å². The average molecular weight is 298 g/mol. The molecule has 2 saturated heterocycles. The van der Waals surface area contributed by atoms with E-state index in [0.717, 1.165) is 45.4 Å². The number of ether oxygens (including phenoxy) is 2. The highest BCUT2D eigenvalue weighted by molar-refractivity contribution is 5.68. The number of piperidine rings is 1. The molecule has 2 rings (SSSR count). The van der Waals surface area contributed by atoms with Gasteiger partial charge >= 0.3 is 6.09 Å². The zero-order chi connectivity index (χ0) is 15.5. The van der Waals surface area contributed by atoms with E-state index in [0.29, 0.717) is 12.1 Å². The van der Waals surface area contributed by atoms with Crippen LogP contribution in [-0.4, -0.2) is 54.5 Å². The van der Waals surface area contributed by atoms with Crippen molar-refractivity contribution in [1.82, 2.24) is 10.2 Å². The molecule has 0 saturated carbocycles. The van der Waals surface area contributed by atoms with Gasteiger partial charge in [-0.05, 0) is 53.4 Å². The first-order chi connectivity index (χ1) is 9.87.